The van der Waals surface area contributed by atoms with E-state index in [2.05, 4.69) is 4.98 Å². The second-order valence-electron chi connectivity index (χ2n) is 6.21. The van der Waals surface area contributed by atoms with Gasteiger partial charge in [-0.2, -0.15) is 0 Å². The van der Waals surface area contributed by atoms with Gasteiger partial charge < -0.3 is 19.1 Å². The molecule has 6 heteroatoms. The van der Waals surface area contributed by atoms with Crippen LogP contribution in [0.5, 0.6) is 11.5 Å². The van der Waals surface area contributed by atoms with Crippen molar-refractivity contribution >= 4 is 5.91 Å². The highest BCUT2D eigenvalue weighted by molar-refractivity contribution is 5.94. The van der Waals surface area contributed by atoms with Crippen LogP contribution >= 0.6 is 0 Å². The van der Waals surface area contributed by atoms with Gasteiger partial charge in [0.25, 0.3) is 5.91 Å². The van der Waals surface area contributed by atoms with Gasteiger partial charge in [0.1, 0.15) is 11.5 Å². The molecule has 0 N–H and O–H groups in total. The second-order valence-corrected chi connectivity index (χ2v) is 6.21. The van der Waals surface area contributed by atoms with E-state index >= 15 is 0 Å². The highest BCUT2D eigenvalue weighted by atomic mass is 16.7. The summed E-state index contributed by atoms with van der Waals surface area (Å²) in [4.78, 5) is 18.5. The van der Waals surface area contributed by atoms with Crippen molar-refractivity contribution in [1.82, 2.24) is 9.88 Å². The quantitative estimate of drug-likeness (QED) is 0.860. The Morgan fingerprint density at radius 1 is 1.04 bits per heavy atom. The predicted molar refractivity (Wildman–Crippen MR) is 90.5 cm³/mol. The number of carbonyl (C=O) groups is 1. The Kier molecular flexibility index (Phi) is 4.38. The summed E-state index contributed by atoms with van der Waals surface area (Å²) in [5.41, 5.74) is 0.655. The van der Waals surface area contributed by atoms with Crippen LogP contribution in [0.4, 0.5) is 0 Å². The fraction of sp³-hybridized carbons (Fsp3) is 0.368. The number of carbonyl (C=O) groups excluding carboxylic acids is 1. The lowest BCUT2D eigenvalue weighted by Gasteiger charge is -2.37. The summed E-state index contributed by atoms with van der Waals surface area (Å²) in [5.74, 6) is 0.910. The van der Waals surface area contributed by atoms with Gasteiger partial charge in [0.15, 0.2) is 5.79 Å². The minimum atomic E-state index is -0.460. The van der Waals surface area contributed by atoms with Crippen LogP contribution in [0.15, 0.2) is 48.8 Å². The third kappa shape index (κ3) is 3.50. The summed E-state index contributed by atoms with van der Waals surface area (Å²) in [5, 5.41) is 0. The van der Waals surface area contributed by atoms with E-state index in [0.717, 1.165) is 12.8 Å². The second kappa shape index (κ2) is 6.82. The van der Waals surface area contributed by atoms with Crippen molar-refractivity contribution in [3.63, 3.8) is 0 Å². The van der Waals surface area contributed by atoms with Crippen molar-refractivity contribution in [1.29, 1.82) is 0 Å². The smallest absolute Gasteiger partial charge is 0.253 e. The van der Waals surface area contributed by atoms with Crippen molar-refractivity contribution in [3.05, 3.63) is 54.4 Å². The molecule has 1 aromatic heterocycles. The average molecular weight is 340 g/mol. The first-order chi connectivity index (χ1) is 12.2. The molecule has 130 valence electrons. The maximum atomic E-state index is 12.7. The summed E-state index contributed by atoms with van der Waals surface area (Å²) < 4.78 is 17.1. The zero-order chi connectivity index (χ0) is 17.1. The number of ether oxygens (including phenoxy) is 3. The first-order valence-corrected chi connectivity index (χ1v) is 8.49. The zero-order valence-electron chi connectivity index (χ0n) is 13.9. The van der Waals surface area contributed by atoms with Gasteiger partial charge in [-0.25, -0.2) is 0 Å². The molecule has 1 aromatic carbocycles. The molecule has 2 aliphatic heterocycles. The van der Waals surface area contributed by atoms with E-state index in [9.17, 15) is 4.79 Å². The van der Waals surface area contributed by atoms with E-state index in [1.165, 1.54) is 0 Å². The molecule has 2 saturated heterocycles. The van der Waals surface area contributed by atoms with Crippen LogP contribution < -0.4 is 4.74 Å². The maximum absolute atomic E-state index is 12.7. The molecule has 0 radical (unpaired) electrons. The molecule has 2 aliphatic rings. The molecule has 0 unspecified atom stereocenters. The van der Waals surface area contributed by atoms with Gasteiger partial charge in [0.05, 0.1) is 19.4 Å². The summed E-state index contributed by atoms with van der Waals surface area (Å²) in [6, 6.07) is 10.8. The molecule has 1 amide bonds. The number of piperidine rings is 1. The molecule has 2 aromatic rings. The number of pyridine rings is 1. The first-order valence-electron chi connectivity index (χ1n) is 8.49. The molecule has 4 rings (SSSR count). The Balaban J connectivity index is 1.38. The number of nitrogens with zero attached hydrogens (tertiary/aromatic N) is 2. The van der Waals surface area contributed by atoms with E-state index in [4.69, 9.17) is 14.2 Å². The standard InChI is InChI=1S/C19H20N2O4/c22-18(21-10-7-19(8-11-21)23-12-13-24-19)15-3-5-16(6-4-15)25-17-2-1-9-20-14-17/h1-6,9,14H,7-8,10-13H2. The van der Waals surface area contributed by atoms with Crippen molar-refractivity contribution in [2.24, 2.45) is 0 Å². The molecule has 3 heterocycles. The number of hydrogen-bond donors (Lipinski definition) is 0. The monoisotopic (exact) mass is 340 g/mol. The lowest BCUT2D eigenvalue weighted by atomic mass is 10.0. The van der Waals surface area contributed by atoms with E-state index in [1.807, 2.05) is 17.0 Å². The number of benzene rings is 1. The zero-order valence-corrected chi connectivity index (χ0v) is 13.9. The van der Waals surface area contributed by atoms with Crippen LogP contribution in [-0.4, -0.2) is 47.9 Å². The third-order valence-corrected chi connectivity index (χ3v) is 4.60. The topological polar surface area (TPSA) is 60.9 Å². The van der Waals surface area contributed by atoms with Gasteiger partial charge in [-0.15, -0.1) is 0 Å². The summed E-state index contributed by atoms with van der Waals surface area (Å²) in [7, 11) is 0. The summed E-state index contributed by atoms with van der Waals surface area (Å²) in [6.07, 6.45) is 4.79. The highest BCUT2D eigenvalue weighted by Gasteiger charge is 2.40. The van der Waals surface area contributed by atoms with Crippen LogP contribution in [0.1, 0.15) is 23.2 Å². The SMILES string of the molecule is O=C(c1ccc(Oc2cccnc2)cc1)N1CCC2(CC1)OCCO2. The molecular formula is C19H20N2O4. The molecule has 0 aliphatic carbocycles. The fourth-order valence-electron chi connectivity index (χ4n) is 3.23. The maximum Gasteiger partial charge on any atom is 0.253 e. The van der Waals surface area contributed by atoms with E-state index in [0.29, 0.717) is 43.4 Å². The fourth-order valence-corrected chi connectivity index (χ4v) is 3.23. The van der Waals surface area contributed by atoms with Crippen LogP contribution in [0.3, 0.4) is 0 Å². The number of likely N-dealkylation sites (tertiary alicyclic amines) is 1. The van der Waals surface area contributed by atoms with Gasteiger partial charge in [0.2, 0.25) is 0 Å². The molecule has 0 bridgehead atoms. The van der Waals surface area contributed by atoms with Crippen LogP contribution in [0.25, 0.3) is 0 Å². The lowest BCUT2D eigenvalue weighted by Crippen LogP contribution is -2.47. The summed E-state index contributed by atoms with van der Waals surface area (Å²) in [6.45, 7) is 2.58. The normalized spacial score (nSPS) is 19.1. The van der Waals surface area contributed by atoms with Crippen molar-refractivity contribution < 1.29 is 19.0 Å². The Morgan fingerprint density at radius 3 is 2.40 bits per heavy atom. The Labute approximate surface area is 146 Å². The van der Waals surface area contributed by atoms with Crippen LogP contribution in [0, 0.1) is 0 Å². The number of rotatable bonds is 3. The van der Waals surface area contributed by atoms with E-state index in [1.54, 1.807) is 36.7 Å². The molecule has 2 fully saturated rings. The highest BCUT2D eigenvalue weighted by Crippen LogP contribution is 2.32. The van der Waals surface area contributed by atoms with Gasteiger partial charge in [-0.3, -0.25) is 9.78 Å². The Bertz CT molecular complexity index is 717. The largest absolute Gasteiger partial charge is 0.456 e. The van der Waals surface area contributed by atoms with Gasteiger partial charge in [-0.05, 0) is 36.4 Å². The molecular weight excluding hydrogens is 320 g/mol. The molecule has 0 atom stereocenters. The van der Waals surface area contributed by atoms with Crippen molar-refractivity contribution in [3.8, 4) is 11.5 Å². The van der Waals surface area contributed by atoms with Crippen molar-refractivity contribution in [2.45, 2.75) is 18.6 Å². The van der Waals surface area contributed by atoms with E-state index in [-0.39, 0.29) is 5.91 Å². The Morgan fingerprint density at radius 2 is 1.76 bits per heavy atom. The first kappa shape index (κ1) is 16.1. The minimum Gasteiger partial charge on any atom is -0.456 e. The van der Waals surface area contributed by atoms with Gasteiger partial charge >= 0.3 is 0 Å². The molecule has 25 heavy (non-hydrogen) atoms. The Hall–Kier alpha value is -2.44. The molecule has 6 nitrogen and oxygen atoms in total. The summed E-state index contributed by atoms with van der Waals surface area (Å²) >= 11 is 0. The lowest BCUT2D eigenvalue weighted by molar-refractivity contribution is -0.181. The van der Waals surface area contributed by atoms with Gasteiger partial charge in [-0.1, -0.05) is 0 Å². The van der Waals surface area contributed by atoms with Crippen molar-refractivity contribution in [2.75, 3.05) is 26.3 Å². The number of amides is 1. The van der Waals surface area contributed by atoms with E-state index < -0.39 is 5.79 Å². The van der Waals surface area contributed by atoms with Crippen LogP contribution in [-0.2, 0) is 9.47 Å². The number of hydrogen-bond acceptors (Lipinski definition) is 5. The third-order valence-electron chi connectivity index (χ3n) is 4.60. The predicted octanol–water partition coefficient (Wildman–Crippen LogP) is 2.85. The average Bonchev–Trinajstić information content (AvgIpc) is 3.11. The molecule has 1 spiro atoms. The number of aromatic nitrogens is 1. The van der Waals surface area contributed by atoms with Crippen LogP contribution in [0.2, 0.25) is 0 Å². The molecule has 0 saturated carbocycles. The van der Waals surface area contributed by atoms with Gasteiger partial charge in [0, 0.05) is 37.7 Å². The minimum absolute atomic E-state index is 0.0285.